The number of ether oxygens (including phenoxy) is 1. The van der Waals surface area contributed by atoms with Gasteiger partial charge < -0.3 is 15.0 Å². The molecule has 1 aliphatic rings. The van der Waals surface area contributed by atoms with Crippen LogP contribution < -0.4 is 5.32 Å². The lowest BCUT2D eigenvalue weighted by molar-refractivity contribution is -0.280. The number of hydrogen-bond acceptors (Lipinski definition) is 3. The lowest BCUT2D eigenvalue weighted by atomic mass is 9.90. The average Bonchev–Trinajstić information content (AvgIpc) is 2.49. The maximum Gasteiger partial charge on any atom is 0.417 e. The van der Waals surface area contributed by atoms with Gasteiger partial charge in [-0.25, -0.2) is 4.79 Å². The molecule has 0 radical (unpaired) electrons. The highest BCUT2D eigenvalue weighted by Gasteiger charge is 2.56. The Hall–Kier alpha value is -1.83. The molecule has 134 valence electrons. The number of methoxy groups -OCH3 is 1. The molecule has 0 spiro atoms. The van der Waals surface area contributed by atoms with E-state index in [9.17, 15) is 18.0 Å². The van der Waals surface area contributed by atoms with E-state index < -0.39 is 17.8 Å². The Balaban J connectivity index is 2.06. The van der Waals surface area contributed by atoms with Crippen LogP contribution in [0.5, 0.6) is 0 Å². The molecule has 1 saturated heterocycles. The highest BCUT2D eigenvalue weighted by Crippen LogP contribution is 2.41. The van der Waals surface area contributed by atoms with Crippen LogP contribution in [0.4, 0.5) is 23.7 Å². The molecule has 24 heavy (non-hydrogen) atoms. The summed E-state index contributed by atoms with van der Waals surface area (Å²) >= 11 is 0. The summed E-state index contributed by atoms with van der Waals surface area (Å²) in [5, 5.41) is 2.76. The second-order valence-corrected chi connectivity index (χ2v) is 6.15. The van der Waals surface area contributed by atoms with Crippen molar-refractivity contribution in [2.45, 2.75) is 45.4 Å². The van der Waals surface area contributed by atoms with Crippen molar-refractivity contribution in [3.05, 3.63) is 23.0 Å². The first-order valence-corrected chi connectivity index (χ1v) is 7.72. The van der Waals surface area contributed by atoms with E-state index in [0.29, 0.717) is 11.4 Å². The van der Waals surface area contributed by atoms with Crippen LogP contribution in [0.25, 0.3) is 0 Å². The lowest BCUT2D eigenvalue weighted by Gasteiger charge is -2.41. The quantitative estimate of drug-likeness (QED) is 0.891. The van der Waals surface area contributed by atoms with Crippen LogP contribution in [0.3, 0.4) is 0 Å². The molecule has 0 atom stereocenters. The molecule has 0 aromatic carbocycles. The minimum atomic E-state index is -4.45. The summed E-state index contributed by atoms with van der Waals surface area (Å²) < 4.78 is 44.2. The number of anilines is 1. The van der Waals surface area contributed by atoms with E-state index in [1.54, 1.807) is 6.92 Å². The number of aromatic nitrogens is 1. The van der Waals surface area contributed by atoms with Gasteiger partial charge in [0, 0.05) is 38.7 Å². The zero-order valence-electron chi connectivity index (χ0n) is 14.3. The van der Waals surface area contributed by atoms with E-state index >= 15 is 0 Å². The van der Waals surface area contributed by atoms with E-state index in [1.807, 2.05) is 19.9 Å². The third kappa shape index (κ3) is 3.48. The molecule has 2 amide bonds. The fourth-order valence-electron chi connectivity index (χ4n) is 3.07. The van der Waals surface area contributed by atoms with Crippen molar-refractivity contribution in [1.82, 2.24) is 9.88 Å². The van der Waals surface area contributed by atoms with Crippen molar-refractivity contribution in [2.24, 2.45) is 0 Å². The Bertz CT molecular complexity index is 600. The molecular weight excluding hydrogens is 323 g/mol. The summed E-state index contributed by atoms with van der Waals surface area (Å²) in [6.07, 6.45) is -4.99. The minimum absolute atomic E-state index is 0.0173. The second kappa shape index (κ2) is 6.58. The van der Waals surface area contributed by atoms with Gasteiger partial charge in [0.15, 0.2) is 5.60 Å². The Morgan fingerprint density at radius 1 is 1.29 bits per heavy atom. The smallest absolute Gasteiger partial charge is 0.369 e. The van der Waals surface area contributed by atoms with Crippen molar-refractivity contribution in [3.8, 4) is 0 Å². The summed E-state index contributed by atoms with van der Waals surface area (Å²) in [6.45, 7) is 5.46. The Morgan fingerprint density at radius 3 is 2.33 bits per heavy atom. The van der Waals surface area contributed by atoms with Gasteiger partial charge in [0.1, 0.15) is 0 Å². The molecule has 1 aromatic rings. The van der Waals surface area contributed by atoms with Crippen LogP contribution in [-0.2, 0) is 4.74 Å². The first kappa shape index (κ1) is 18.5. The van der Waals surface area contributed by atoms with Crippen LogP contribution in [-0.4, -0.2) is 47.9 Å². The largest absolute Gasteiger partial charge is 0.417 e. The number of piperidine rings is 1. The van der Waals surface area contributed by atoms with Crippen LogP contribution >= 0.6 is 0 Å². The molecule has 0 saturated carbocycles. The predicted molar refractivity (Wildman–Crippen MR) is 84.1 cm³/mol. The van der Waals surface area contributed by atoms with E-state index in [2.05, 4.69) is 10.3 Å². The molecule has 8 heteroatoms. The summed E-state index contributed by atoms with van der Waals surface area (Å²) in [7, 11) is 1.06. The predicted octanol–water partition coefficient (Wildman–Crippen LogP) is 3.58. The molecule has 0 aliphatic carbocycles. The number of hydrogen-bond donors (Lipinski definition) is 1. The van der Waals surface area contributed by atoms with Gasteiger partial charge in [-0.3, -0.25) is 4.98 Å². The van der Waals surface area contributed by atoms with E-state index in [1.165, 1.54) is 4.90 Å². The Labute approximate surface area is 139 Å². The maximum atomic E-state index is 13.2. The number of halogens is 3. The molecule has 2 rings (SSSR count). The third-order valence-corrected chi connectivity index (χ3v) is 4.52. The maximum absolute atomic E-state index is 13.2. The van der Waals surface area contributed by atoms with Crippen molar-refractivity contribution < 1.29 is 22.7 Å². The number of rotatable bonds is 2. The normalized spacial score (nSPS) is 17.7. The summed E-state index contributed by atoms with van der Waals surface area (Å²) in [5.41, 5.74) is 0.827. The summed E-state index contributed by atoms with van der Waals surface area (Å²) in [4.78, 5) is 18.0. The number of likely N-dealkylation sites (tertiary alicyclic amines) is 1. The summed E-state index contributed by atoms with van der Waals surface area (Å²) in [5.74, 6) is 0. The second-order valence-electron chi connectivity index (χ2n) is 6.15. The van der Waals surface area contributed by atoms with E-state index in [-0.39, 0.29) is 25.9 Å². The van der Waals surface area contributed by atoms with Gasteiger partial charge in [-0.1, -0.05) is 0 Å². The van der Waals surface area contributed by atoms with Gasteiger partial charge in [0.2, 0.25) is 0 Å². The standard InChI is InChI=1S/C16H22F3N3O2/c1-10-9-11(2)20-12(3)13(10)21-14(23)22-7-5-15(24-4,6-8-22)16(17,18)19/h9H,5-8H2,1-4H3,(H,21,23). The number of amides is 2. The van der Waals surface area contributed by atoms with Gasteiger partial charge >= 0.3 is 12.2 Å². The first-order valence-electron chi connectivity index (χ1n) is 7.72. The molecular formula is C16H22F3N3O2. The lowest BCUT2D eigenvalue weighted by Crippen LogP contribution is -2.56. The zero-order chi connectivity index (χ0) is 18.1. The topological polar surface area (TPSA) is 54.5 Å². The van der Waals surface area contributed by atoms with Gasteiger partial charge in [0.05, 0.1) is 11.4 Å². The van der Waals surface area contributed by atoms with Gasteiger partial charge in [-0.2, -0.15) is 13.2 Å². The van der Waals surface area contributed by atoms with Gasteiger partial charge in [0.25, 0.3) is 0 Å². The number of carbonyl (C=O) groups excluding carboxylic acids is 1. The van der Waals surface area contributed by atoms with E-state index in [4.69, 9.17) is 4.74 Å². The Morgan fingerprint density at radius 2 is 1.88 bits per heavy atom. The number of pyridine rings is 1. The highest BCUT2D eigenvalue weighted by atomic mass is 19.4. The number of nitrogens with one attached hydrogen (secondary N) is 1. The van der Waals surface area contributed by atoms with Crippen molar-refractivity contribution >= 4 is 11.7 Å². The number of aryl methyl sites for hydroxylation is 3. The van der Waals surface area contributed by atoms with Crippen molar-refractivity contribution in [2.75, 3.05) is 25.5 Å². The number of urea groups is 1. The Kier molecular flexibility index (Phi) is 5.08. The minimum Gasteiger partial charge on any atom is -0.369 e. The van der Waals surface area contributed by atoms with Crippen LogP contribution in [0.1, 0.15) is 29.8 Å². The molecule has 0 unspecified atom stereocenters. The zero-order valence-corrected chi connectivity index (χ0v) is 14.3. The highest BCUT2D eigenvalue weighted by molar-refractivity contribution is 5.90. The number of alkyl halides is 3. The molecule has 0 bridgehead atoms. The molecule has 5 nitrogen and oxygen atoms in total. The number of carbonyl (C=O) groups is 1. The van der Waals surface area contributed by atoms with Crippen molar-refractivity contribution in [1.29, 1.82) is 0 Å². The van der Waals surface area contributed by atoms with Gasteiger partial charge in [-0.15, -0.1) is 0 Å². The summed E-state index contributed by atoms with van der Waals surface area (Å²) in [6, 6.07) is 1.43. The fourth-order valence-corrected chi connectivity index (χ4v) is 3.07. The number of nitrogens with zero attached hydrogens (tertiary/aromatic N) is 2. The third-order valence-electron chi connectivity index (χ3n) is 4.52. The molecule has 1 fully saturated rings. The first-order chi connectivity index (χ1) is 11.1. The van der Waals surface area contributed by atoms with Gasteiger partial charge in [-0.05, 0) is 32.4 Å². The van der Waals surface area contributed by atoms with E-state index in [0.717, 1.165) is 18.4 Å². The molecule has 2 heterocycles. The SMILES string of the molecule is COC1(C(F)(F)F)CCN(C(=O)Nc2c(C)cc(C)nc2C)CC1. The molecule has 1 N–H and O–H groups in total. The molecule has 1 aromatic heterocycles. The molecule has 1 aliphatic heterocycles. The average molecular weight is 345 g/mol. The van der Waals surface area contributed by atoms with Crippen molar-refractivity contribution in [3.63, 3.8) is 0 Å². The van der Waals surface area contributed by atoms with Crippen LogP contribution in [0.15, 0.2) is 6.07 Å². The van der Waals surface area contributed by atoms with Crippen LogP contribution in [0, 0.1) is 20.8 Å². The fraction of sp³-hybridized carbons (Fsp3) is 0.625. The monoisotopic (exact) mass is 345 g/mol. The van der Waals surface area contributed by atoms with Crippen LogP contribution in [0.2, 0.25) is 0 Å².